The monoisotopic (exact) mass is 352 g/mol. The molecule has 0 aliphatic rings. The summed E-state index contributed by atoms with van der Waals surface area (Å²) >= 11 is 0. The Morgan fingerprint density at radius 1 is 1.23 bits per heavy atom. The molecular weight excluding hydrogens is 332 g/mol. The maximum Gasteiger partial charge on any atom is 0.254 e. The van der Waals surface area contributed by atoms with Gasteiger partial charge >= 0.3 is 0 Å². The van der Waals surface area contributed by atoms with Crippen LogP contribution < -0.4 is 0 Å². The lowest BCUT2D eigenvalue weighted by molar-refractivity contribution is 0.0723. The molecule has 0 saturated carbocycles. The first-order valence-corrected chi connectivity index (χ1v) is 8.28. The van der Waals surface area contributed by atoms with Crippen LogP contribution in [0.2, 0.25) is 0 Å². The van der Waals surface area contributed by atoms with E-state index < -0.39 is 0 Å². The number of rotatable bonds is 8. The maximum atomic E-state index is 13.1. The predicted molar refractivity (Wildman–Crippen MR) is 94.6 cm³/mol. The van der Waals surface area contributed by atoms with Gasteiger partial charge in [-0.05, 0) is 52.7 Å². The molecule has 0 spiro atoms. The average Bonchev–Trinajstić information content (AvgIpc) is 3.23. The molecular formula is C18H20N6O2. The summed E-state index contributed by atoms with van der Waals surface area (Å²) < 4.78 is 6.65. The summed E-state index contributed by atoms with van der Waals surface area (Å²) in [6.07, 6.45) is 5.72. The molecule has 1 amide bonds. The molecule has 8 nitrogen and oxygen atoms in total. The molecule has 3 rings (SSSR count). The largest absolute Gasteiger partial charge is 0.385 e. The highest BCUT2D eigenvalue weighted by Crippen LogP contribution is 2.14. The molecule has 0 aliphatic heterocycles. The van der Waals surface area contributed by atoms with E-state index in [1.54, 1.807) is 31.6 Å². The highest BCUT2D eigenvalue weighted by molar-refractivity contribution is 5.94. The quantitative estimate of drug-likeness (QED) is 0.574. The summed E-state index contributed by atoms with van der Waals surface area (Å²) in [6, 6.07) is 11.1. The van der Waals surface area contributed by atoms with Gasteiger partial charge in [0.15, 0.2) is 0 Å². The fourth-order valence-corrected chi connectivity index (χ4v) is 2.60. The van der Waals surface area contributed by atoms with Gasteiger partial charge in [-0.3, -0.25) is 9.78 Å². The Labute approximate surface area is 151 Å². The lowest BCUT2D eigenvalue weighted by Gasteiger charge is -2.23. The Kier molecular flexibility index (Phi) is 6.00. The zero-order chi connectivity index (χ0) is 18.2. The normalized spacial score (nSPS) is 10.7. The molecule has 8 heteroatoms. The number of methoxy groups -OCH3 is 1. The van der Waals surface area contributed by atoms with Crippen LogP contribution in [0.4, 0.5) is 0 Å². The van der Waals surface area contributed by atoms with Gasteiger partial charge in [-0.15, -0.1) is 5.10 Å². The summed E-state index contributed by atoms with van der Waals surface area (Å²) in [5.41, 5.74) is 2.36. The minimum atomic E-state index is -0.0483. The Bertz CT molecular complexity index is 823. The Morgan fingerprint density at radius 3 is 2.81 bits per heavy atom. The first-order valence-electron chi connectivity index (χ1n) is 8.28. The number of hydrogen-bond acceptors (Lipinski definition) is 6. The van der Waals surface area contributed by atoms with E-state index in [4.69, 9.17) is 4.74 Å². The van der Waals surface area contributed by atoms with Gasteiger partial charge < -0.3 is 9.64 Å². The van der Waals surface area contributed by atoms with Crippen LogP contribution in [0.15, 0.2) is 55.1 Å². The molecule has 1 aromatic carbocycles. The zero-order valence-corrected chi connectivity index (χ0v) is 14.5. The van der Waals surface area contributed by atoms with Crippen LogP contribution >= 0.6 is 0 Å². The van der Waals surface area contributed by atoms with Crippen molar-refractivity contribution in [1.29, 1.82) is 0 Å². The van der Waals surface area contributed by atoms with Crippen molar-refractivity contribution in [3.8, 4) is 5.69 Å². The molecule has 2 heterocycles. The van der Waals surface area contributed by atoms with Crippen LogP contribution in [0, 0.1) is 0 Å². The summed E-state index contributed by atoms with van der Waals surface area (Å²) in [6.45, 7) is 1.72. The second-order valence-electron chi connectivity index (χ2n) is 5.73. The molecule has 26 heavy (non-hydrogen) atoms. The van der Waals surface area contributed by atoms with Crippen molar-refractivity contribution in [1.82, 2.24) is 30.1 Å². The number of carbonyl (C=O) groups excluding carboxylic acids is 1. The van der Waals surface area contributed by atoms with Gasteiger partial charge in [-0.1, -0.05) is 6.07 Å². The number of aromatic nitrogens is 5. The van der Waals surface area contributed by atoms with Crippen LogP contribution in [-0.4, -0.2) is 56.3 Å². The standard InChI is InChI=1S/C18H20N6O2/c1-26-11-3-10-23(13-15-6-8-19-9-7-15)18(25)16-4-2-5-17(12-16)24-14-20-21-22-24/h2,4-9,12,14H,3,10-11,13H2,1H3. The summed E-state index contributed by atoms with van der Waals surface area (Å²) in [5.74, 6) is -0.0483. The average molecular weight is 352 g/mol. The third-order valence-electron chi connectivity index (χ3n) is 3.89. The van der Waals surface area contributed by atoms with Crippen molar-refractivity contribution >= 4 is 5.91 Å². The first kappa shape index (κ1) is 17.7. The number of carbonyl (C=O) groups is 1. The van der Waals surface area contributed by atoms with E-state index in [1.807, 2.05) is 29.2 Å². The van der Waals surface area contributed by atoms with E-state index in [0.29, 0.717) is 25.3 Å². The van der Waals surface area contributed by atoms with Crippen LogP contribution in [0.5, 0.6) is 0 Å². The molecule has 0 unspecified atom stereocenters. The van der Waals surface area contributed by atoms with Gasteiger partial charge in [0.2, 0.25) is 0 Å². The van der Waals surface area contributed by atoms with Crippen molar-refractivity contribution in [2.24, 2.45) is 0 Å². The van der Waals surface area contributed by atoms with E-state index in [2.05, 4.69) is 20.5 Å². The van der Waals surface area contributed by atoms with Crippen molar-refractivity contribution in [2.75, 3.05) is 20.3 Å². The third kappa shape index (κ3) is 4.48. The van der Waals surface area contributed by atoms with Gasteiger partial charge in [-0.25, -0.2) is 4.68 Å². The van der Waals surface area contributed by atoms with Crippen molar-refractivity contribution in [3.05, 3.63) is 66.2 Å². The van der Waals surface area contributed by atoms with Crippen LogP contribution in [0.25, 0.3) is 5.69 Å². The maximum absolute atomic E-state index is 13.1. The second-order valence-corrected chi connectivity index (χ2v) is 5.73. The number of amides is 1. The lowest BCUT2D eigenvalue weighted by Crippen LogP contribution is -2.32. The van der Waals surface area contributed by atoms with Crippen molar-refractivity contribution < 1.29 is 9.53 Å². The highest BCUT2D eigenvalue weighted by atomic mass is 16.5. The SMILES string of the molecule is COCCCN(Cc1ccncc1)C(=O)c1cccc(-n2cnnn2)c1. The molecule has 0 aliphatic carbocycles. The van der Waals surface area contributed by atoms with Gasteiger partial charge in [0.25, 0.3) is 5.91 Å². The molecule has 0 radical (unpaired) electrons. The molecule has 3 aromatic rings. The molecule has 2 aromatic heterocycles. The number of benzene rings is 1. The van der Waals surface area contributed by atoms with E-state index in [9.17, 15) is 4.79 Å². The molecule has 0 N–H and O–H groups in total. The minimum absolute atomic E-state index is 0.0483. The molecule has 0 bridgehead atoms. The van der Waals surface area contributed by atoms with Crippen molar-refractivity contribution in [2.45, 2.75) is 13.0 Å². The van der Waals surface area contributed by atoms with E-state index in [0.717, 1.165) is 17.7 Å². The molecule has 0 atom stereocenters. The number of ether oxygens (including phenoxy) is 1. The van der Waals surface area contributed by atoms with Gasteiger partial charge in [0, 0.05) is 44.8 Å². The zero-order valence-electron chi connectivity index (χ0n) is 14.5. The molecule has 0 fully saturated rings. The first-order chi connectivity index (χ1) is 12.8. The highest BCUT2D eigenvalue weighted by Gasteiger charge is 2.17. The Morgan fingerprint density at radius 2 is 2.08 bits per heavy atom. The third-order valence-corrected chi connectivity index (χ3v) is 3.89. The van der Waals surface area contributed by atoms with Gasteiger partial charge in [0.05, 0.1) is 5.69 Å². The summed E-state index contributed by atoms with van der Waals surface area (Å²) in [4.78, 5) is 18.9. The van der Waals surface area contributed by atoms with E-state index >= 15 is 0 Å². The second kappa shape index (κ2) is 8.82. The molecule has 134 valence electrons. The number of tetrazole rings is 1. The Hall–Kier alpha value is -3.13. The summed E-state index contributed by atoms with van der Waals surface area (Å²) in [7, 11) is 1.66. The van der Waals surface area contributed by atoms with Gasteiger partial charge in [-0.2, -0.15) is 0 Å². The lowest BCUT2D eigenvalue weighted by atomic mass is 10.1. The number of nitrogens with zero attached hydrogens (tertiary/aromatic N) is 6. The van der Waals surface area contributed by atoms with E-state index in [1.165, 1.54) is 11.0 Å². The van der Waals surface area contributed by atoms with E-state index in [-0.39, 0.29) is 5.91 Å². The fraction of sp³-hybridized carbons (Fsp3) is 0.278. The van der Waals surface area contributed by atoms with Gasteiger partial charge in [0.1, 0.15) is 6.33 Å². The Balaban J connectivity index is 1.81. The topological polar surface area (TPSA) is 86.0 Å². The smallest absolute Gasteiger partial charge is 0.254 e. The van der Waals surface area contributed by atoms with Crippen LogP contribution in [-0.2, 0) is 11.3 Å². The predicted octanol–water partition coefficient (Wildman–Crippen LogP) is 1.74. The summed E-state index contributed by atoms with van der Waals surface area (Å²) in [5, 5.41) is 11.1. The number of hydrogen-bond donors (Lipinski definition) is 0. The fourth-order valence-electron chi connectivity index (χ4n) is 2.60. The number of pyridine rings is 1. The molecule has 0 saturated heterocycles. The van der Waals surface area contributed by atoms with Crippen molar-refractivity contribution in [3.63, 3.8) is 0 Å². The minimum Gasteiger partial charge on any atom is -0.385 e. The van der Waals surface area contributed by atoms with Crippen LogP contribution in [0.1, 0.15) is 22.3 Å². The van der Waals surface area contributed by atoms with Crippen LogP contribution in [0.3, 0.4) is 0 Å².